The van der Waals surface area contributed by atoms with Gasteiger partial charge in [0.05, 0.1) is 10.7 Å². The van der Waals surface area contributed by atoms with E-state index >= 15 is 0 Å². The zero-order chi connectivity index (χ0) is 16.6. The zero-order valence-electron chi connectivity index (χ0n) is 14.0. The molecule has 0 N–H and O–H groups in total. The van der Waals surface area contributed by atoms with E-state index in [1.54, 1.807) is 0 Å². The Balaban J connectivity index is 1.66. The first kappa shape index (κ1) is 16.1. The molecule has 0 radical (unpaired) electrons. The maximum Gasteiger partial charge on any atom is 0.265 e. The quantitative estimate of drug-likeness (QED) is 0.861. The van der Waals surface area contributed by atoms with Gasteiger partial charge in [0.15, 0.2) is 5.82 Å². The summed E-state index contributed by atoms with van der Waals surface area (Å²) in [7, 11) is 0. The molecule has 1 aliphatic heterocycles. The van der Waals surface area contributed by atoms with Crippen molar-refractivity contribution in [3.63, 3.8) is 0 Å². The molecular formula is C16H22N4O2S. The molecule has 0 unspecified atom stereocenters. The zero-order valence-corrected chi connectivity index (χ0v) is 14.8. The van der Waals surface area contributed by atoms with Gasteiger partial charge in [0.25, 0.3) is 5.91 Å². The fraction of sp³-hybridized carbons (Fsp3) is 0.625. The fourth-order valence-electron chi connectivity index (χ4n) is 2.81. The lowest BCUT2D eigenvalue weighted by atomic mass is 9.96. The Morgan fingerprint density at radius 3 is 2.48 bits per heavy atom. The van der Waals surface area contributed by atoms with Crippen molar-refractivity contribution in [1.82, 2.24) is 20.0 Å². The molecule has 23 heavy (non-hydrogen) atoms. The smallest absolute Gasteiger partial charge is 0.265 e. The molecule has 3 rings (SSSR count). The molecule has 1 aliphatic rings. The molecule has 6 nitrogen and oxygen atoms in total. The van der Waals surface area contributed by atoms with Crippen molar-refractivity contribution in [1.29, 1.82) is 0 Å². The number of likely N-dealkylation sites (tertiary alicyclic amines) is 1. The molecule has 2 aromatic rings. The normalized spacial score (nSPS) is 16.3. The minimum Gasteiger partial charge on any atom is -0.339 e. The molecule has 0 atom stereocenters. The highest BCUT2D eigenvalue weighted by Crippen LogP contribution is 2.30. The third-order valence-corrected chi connectivity index (χ3v) is 5.62. The van der Waals surface area contributed by atoms with Crippen molar-refractivity contribution in [3.05, 3.63) is 27.3 Å². The molecule has 7 heteroatoms. The Hall–Kier alpha value is -1.76. The molecule has 0 aliphatic carbocycles. The van der Waals surface area contributed by atoms with Gasteiger partial charge in [0.2, 0.25) is 5.89 Å². The minimum absolute atomic E-state index is 0.104. The van der Waals surface area contributed by atoms with Crippen LogP contribution in [0.25, 0.3) is 0 Å². The van der Waals surface area contributed by atoms with Gasteiger partial charge in [-0.15, -0.1) is 11.3 Å². The number of hydrogen-bond acceptors (Lipinski definition) is 6. The van der Waals surface area contributed by atoms with Crippen molar-refractivity contribution < 1.29 is 9.32 Å². The van der Waals surface area contributed by atoms with Gasteiger partial charge in [-0.2, -0.15) is 4.98 Å². The number of aromatic nitrogens is 3. The van der Waals surface area contributed by atoms with Crippen LogP contribution in [0.15, 0.2) is 4.52 Å². The predicted octanol–water partition coefficient (Wildman–Crippen LogP) is 3.29. The summed E-state index contributed by atoms with van der Waals surface area (Å²) in [6.45, 7) is 9.39. The first-order chi connectivity index (χ1) is 11.0. The van der Waals surface area contributed by atoms with Crippen molar-refractivity contribution in [2.45, 2.75) is 52.4 Å². The lowest BCUT2D eigenvalue weighted by Crippen LogP contribution is -2.37. The number of thiazole rings is 1. The Labute approximate surface area is 139 Å². The maximum atomic E-state index is 12.7. The van der Waals surface area contributed by atoms with Gasteiger partial charge < -0.3 is 9.42 Å². The molecule has 2 aromatic heterocycles. The number of hydrogen-bond donors (Lipinski definition) is 0. The van der Waals surface area contributed by atoms with Gasteiger partial charge in [-0.1, -0.05) is 19.0 Å². The summed E-state index contributed by atoms with van der Waals surface area (Å²) in [6.07, 6.45) is 1.73. The van der Waals surface area contributed by atoms with Crippen LogP contribution in [0.2, 0.25) is 0 Å². The number of rotatable bonds is 3. The average molecular weight is 334 g/mol. The fourth-order valence-corrected chi connectivity index (χ4v) is 3.85. The van der Waals surface area contributed by atoms with E-state index in [9.17, 15) is 4.79 Å². The highest BCUT2D eigenvalue weighted by Gasteiger charge is 2.29. The minimum atomic E-state index is 0.104. The maximum absolute atomic E-state index is 12.7. The van der Waals surface area contributed by atoms with Gasteiger partial charge in [0.1, 0.15) is 4.88 Å². The largest absolute Gasteiger partial charge is 0.339 e. The first-order valence-electron chi connectivity index (χ1n) is 8.02. The van der Waals surface area contributed by atoms with Crippen molar-refractivity contribution in [2.24, 2.45) is 0 Å². The van der Waals surface area contributed by atoms with E-state index in [2.05, 4.69) is 29.0 Å². The Bertz CT molecular complexity index is 699. The van der Waals surface area contributed by atoms with E-state index in [4.69, 9.17) is 4.52 Å². The van der Waals surface area contributed by atoms with Gasteiger partial charge >= 0.3 is 0 Å². The van der Waals surface area contributed by atoms with Gasteiger partial charge in [0, 0.05) is 24.9 Å². The average Bonchev–Trinajstić information content (AvgIpc) is 3.13. The second kappa shape index (κ2) is 6.39. The van der Waals surface area contributed by atoms with Crippen LogP contribution in [0, 0.1) is 13.8 Å². The summed E-state index contributed by atoms with van der Waals surface area (Å²) < 4.78 is 5.26. The van der Waals surface area contributed by atoms with Crippen LogP contribution < -0.4 is 0 Å². The lowest BCUT2D eigenvalue weighted by molar-refractivity contribution is 0.0708. The summed E-state index contributed by atoms with van der Waals surface area (Å²) in [6, 6.07) is 0. The van der Waals surface area contributed by atoms with Crippen LogP contribution in [0.3, 0.4) is 0 Å². The third-order valence-electron chi connectivity index (χ3n) is 4.18. The van der Waals surface area contributed by atoms with Gasteiger partial charge in [-0.05, 0) is 26.7 Å². The van der Waals surface area contributed by atoms with Crippen LogP contribution in [0.4, 0.5) is 0 Å². The summed E-state index contributed by atoms with van der Waals surface area (Å²) in [5, 5.41) is 4.88. The van der Waals surface area contributed by atoms with Gasteiger partial charge in [-0.3, -0.25) is 4.79 Å². The summed E-state index contributed by atoms with van der Waals surface area (Å²) in [4.78, 5) is 24.3. The van der Waals surface area contributed by atoms with Crippen LogP contribution >= 0.6 is 11.3 Å². The molecular weight excluding hydrogens is 312 g/mol. The first-order valence-corrected chi connectivity index (χ1v) is 8.84. The standard InChI is InChI=1S/C16H22N4O2S/c1-9(2)15-17-10(3)13(23-15)16(21)20-7-5-12(6-8-20)14-18-11(4)19-22-14/h9,12H,5-8H2,1-4H3. The third kappa shape index (κ3) is 3.29. The van der Waals surface area contributed by atoms with E-state index in [1.165, 1.54) is 11.3 Å². The number of aryl methyl sites for hydroxylation is 2. The molecule has 0 spiro atoms. The molecule has 0 aromatic carbocycles. The lowest BCUT2D eigenvalue weighted by Gasteiger charge is -2.30. The van der Waals surface area contributed by atoms with Crippen LogP contribution in [-0.4, -0.2) is 39.0 Å². The second-order valence-corrected chi connectivity index (χ2v) is 7.40. The monoisotopic (exact) mass is 334 g/mol. The van der Waals surface area contributed by atoms with Crippen molar-refractivity contribution in [3.8, 4) is 0 Å². The van der Waals surface area contributed by atoms with Crippen molar-refractivity contribution in [2.75, 3.05) is 13.1 Å². The second-order valence-electron chi connectivity index (χ2n) is 6.37. The number of nitrogens with zero attached hydrogens (tertiary/aromatic N) is 4. The highest BCUT2D eigenvalue weighted by atomic mass is 32.1. The van der Waals surface area contributed by atoms with Crippen LogP contribution in [-0.2, 0) is 0 Å². The summed E-state index contributed by atoms with van der Waals surface area (Å²) >= 11 is 1.53. The molecule has 1 saturated heterocycles. The highest BCUT2D eigenvalue weighted by molar-refractivity contribution is 7.13. The topological polar surface area (TPSA) is 72.1 Å². The number of carbonyl (C=O) groups excluding carboxylic acids is 1. The molecule has 124 valence electrons. The molecule has 1 fully saturated rings. The molecule has 1 amide bonds. The van der Waals surface area contributed by atoms with E-state index in [1.807, 2.05) is 18.7 Å². The van der Waals surface area contributed by atoms with E-state index in [-0.39, 0.29) is 11.8 Å². The molecule has 3 heterocycles. The van der Waals surface area contributed by atoms with Gasteiger partial charge in [-0.25, -0.2) is 4.98 Å². The number of amides is 1. The summed E-state index contributed by atoms with van der Waals surface area (Å²) in [5.41, 5.74) is 0.846. The van der Waals surface area contributed by atoms with Crippen LogP contribution in [0.1, 0.15) is 70.6 Å². The Morgan fingerprint density at radius 1 is 1.26 bits per heavy atom. The predicted molar refractivity (Wildman–Crippen MR) is 87.9 cm³/mol. The SMILES string of the molecule is Cc1noc(C2CCN(C(=O)c3sc(C(C)C)nc3C)CC2)n1. The Kier molecular flexibility index (Phi) is 4.48. The van der Waals surface area contributed by atoms with E-state index in [0.29, 0.717) is 17.6 Å². The van der Waals surface area contributed by atoms with Crippen molar-refractivity contribution >= 4 is 17.2 Å². The van der Waals surface area contributed by atoms with Crippen LogP contribution in [0.5, 0.6) is 0 Å². The molecule has 0 saturated carbocycles. The number of carbonyl (C=O) groups is 1. The molecule has 0 bridgehead atoms. The Morgan fingerprint density at radius 2 is 1.96 bits per heavy atom. The summed E-state index contributed by atoms with van der Waals surface area (Å²) in [5.74, 6) is 2.08. The van der Waals surface area contributed by atoms with E-state index < -0.39 is 0 Å². The number of piperidine rings is 1. The van der Waals surface area contributed by atoms with E-state index in [0.717, 1.165) is 41.5 Å².